The van der Waals surface area contributed by atoms with Crippen LogP contribution < -0.4 is 26.6 Å². The molecule has 17 nitrogen and oxygen atoms in total. The van der Waals surface area contributed by atoms with Gasteiger partial charge in [-0.05, 0) is 98.5 Å². The SMILES string of the molecule is CCC[C@H](NC(=O)[C@H](Cc1ccc(CS(=O)(=O)O)cc1)NC(=O)c1cc(Cl)cc(Cl)c1)C(=O)N1CCC[C@H]1C(=O)N[C@@H](Cc1cccc2ccccc12)C(=O)N[C@@H](CCCC(=O)O)C(=O)NC(C)(C)C. The molecule has 0 saturated carbocycles. The predicted octanol–water partition coefficient (Wildman–Crippen LogP) is 5.53. The van der Waals surface area contributed by atoms with Crippen molar-refractivity contribution in [3.05, 3.63) is 117 Å². The Bertz CT molecular complexity index is 2650. The number of nitrogens with one attached hydrogen (secondary N) is 5. The molecule has 20 heteroatoms. The van der Waals surface area contributed by atoms with Crippen LogP contribution in [0.2, 0.25) is 10.0 Å². The van der Waals surface area contributed by atoms with E-state index >= 15 is 0 Å². The zero-order valence-corrected chi connectivity index (χ0v) is 41.8. The van der Waals surface area contributed by atoms with Gasteiger partial charge in [-0.3, -0.25) is 38.1 Å². The second-order valence-electron chi connectivity index (χ2n) is 18.5. The average molecular weight is 1020 g/mol. The van der Waals surface area contributed by atoms with Crippen LogP contribution in [0.1, 0.15) is 99.7 Å². The average Bonchev–Trinajstić information content (AvgIpc) is 3.77. The van der Waals surface area contributed by atoms with E-state index in [0.717, 1.165) is 16.3 Å². The van der Waals surface area contributed by atoms with Crippen LogP contribution in [0.3, 0.4) is 0 Å². The molecule has 0 bridgehead atoms. The van der Waals surface area contributed by atoms with Gasteiger partial charge in [0.25, 0.3) is 16.0 Å². The Labute approximate surface area is 417 Å². The summed E-state index contributed by atoms with van der Waals surface area (Å²) in [5, 5.41) is 25.4. The number of hydrogen-bond donors (Lipinski definition) is 7. The summed E-state index contributed by atoms with van der Waals surface area (Å²) in [6.45, 7) is 7.27. The van der Waals surface area contributed by atoms with Gasteiger partial charge < -0.3 is 36.6 Å². The van der Waals surface area contributed by atoms with Crippen LogP contribution in [0.4, 0.5) is 0 Å². The first-order valence-electron chi connectivity index (χ1n) is 23.0. The first kappa shape index (κ1) is 54.9. The molecule has 0 aliphatic carbocycles. The van der Waals surface area contributed by atoms with E-state index in [1.165, 1.54) is 35.2 Å². The Morgan fingerprint density at radius 2 is 1.36 bits per heavy atom. The van der Waals surface area contributed by atoms with E-state index in [0.29, 0.717) is 18.4 Å². The van der Waals surface area contributed by atoms with Gasteiger partial charge >= 0.3 is 5.97 Å². The third kappa shape index (κ3) is 16.5. The van der Waals surface area contributed by atoms with E-state index in [-0.39, 0.29) is 72.7 Å². The van der Waals surface area contributed by atoms with Gasteiger partial charge in [0.05, 0.1) is 0 Å². The number of carboxylic acid groups (broad SMARTS) is 1. The molecule has 4 aromatic rings. The quantitative estimate of drug-likeness (QED) is 0.0482. The number of carbonyl (C=O) groups is 7. The molecular formula is C50H60Cl2N6O11S. The van der Waals surface area contributed by atoms with E-state index in [4.69, 9.17) is 23.2 Å². The normalized spacial score (nSPS) is 15.5. The Kier molecular flexibility index (Phi) is 19.3. The van der Waals surface area contributed by atoms with E-state index in [1.54, 1.807) is 32.9 Å². The van der Waals surface area contributed by atoms with Gasteiger partial charge in [0.1, 0.15) is 36.0 Å². The van der Waals surface area contributed by atoms with Gasteiger partial charge in [0.15, 0.2) is 0 Å². The van der Waals surface area contributed by atoms with Crippen molar-refractivity contribution in [3.63, 3.8) is 0 Å². The van der Waals surface area contributed by atoms with Crippen molar-refractivity contribution in [1.29, 1.82) is 0 Å². The lowest BCUT2D eigenvalue weighted by Crippen LogP contribution is -2.59. The van der Waals surface area contributed by atoms with Gasteiger partial charge in [-0.1, -0.05) is 103 Å². The largest absolute Gasteiger partial charge is 0.481 e. The summed E-state index contributed by atoms with van der Waals surface area (Å²) in [5.41, 5.74) is 0.880. The summed E-state index contributed by atoms with van der Waals surface area (Å²) in [6.07, 6.45) is 0.967. The molecule has 70 heavy (non-hydrogen) atoms. The second-order valence-corrected chi connectivity index (χ2v) is 20.8. The van der Waals surface area contributed by atoms with Gasteiger partial charge in [-0.25, -0.2) is 0 Å². The summed E-state index contributed by atoms with van der Waals surface area (Å²) in [6, 6.07) is 17.3. The van der Waals surface area contributed by atoms with Crippen LogP contribution in [0.25, 0.3) is 10.8 Å². The maximum absolute atomic E-state index is 14.6. The summed E-state index contributed by atoms with van der Waals surface area (Å²) >= 11 is 12.3. The lowest BCUT2D eigenvalue weighted by molar-refractivity contribution is -0.142. The van der Waals surface area contributed by atoms with Crippen LogP contribution in [0.15, 0.2) is 84.9 Å². The molecule has 4 aromatic carbocycles. The Balaban J connectivity index is 1.40. The minimum atomic E-state index is -4.32. The van der Waals surface area contributed by atoms with E-state index in [2.05, 4.69) is 26.6 Å². The predicted molar refractivity (Wildman–Crippen MR) is 266 cm³/mol. The third-order valence-electron chi connectivity index (χ3n) is 11.5. The van der Waals surface area contributed by atoms with Crippen molar-refractivity contribution in [2.24, 2.45) is 0 Å². The highest BCUT2D eigenvalue weighted by Crippen LogP contribution is 2.24. The zero-order chi connectivity index (χ0) is 51.3. The van der Waals surface area contributed by atoms with E-state index in [9.17, 15) is 51.6 Å². The van der Waals surface area contributed by atoms with Crippen molar-refractivity contribution in [1.82, 2.24) is 31.5 Å². The van der Waals surface area contributed by atoms with Crippen LogP contribution in [-0.2, 0) is 57.5 Å². The lowest BCUT2D eigenvalue weighted by Gasteiger charge is -2.31. The van der Waals surface area contributed by atoms with Crippen molar-refractivity contribution in [2.45, 2.75) is 127 Å². The molecule has 0 spiro atoms. The molecule has 376 valence electrons. The summed E-state index contributed by atoms with van der Waals surface area (Å²) in [4.78, 5) is 97.5. The molecule has 5 atom stereocenters. The first-order valence-corrected chi connectivity index (χ1v) is 25.4. The highest BCUT2D eigenvalue weighted by atomic mass is 35.5. The minimum Gasteiger partial charge on any atom is -0.481 e. The topological polar surface area (TPSA) is 257 Å². The number of carboxylic acids is 1. The lowest BCUT2D eigenvalue weighted by atomic mass is 9.97. The second kappa shape index (κ2) is 24.7. The maximum atomic E-state index is 14.6. The number of rotatable bonds is 22. The molecule has 1 aliphatic rings. The molecule has 0 unspecified atom stereocenters. The van der Waals surface area contributed by atoms with Crippen LogP contribution in [-0.4, -0.2) is 107 Å². The fraction of sp³-hybridized carbons (Fsp3) is 0.420. The number of nitrogens with zero attached hydrogens (tertiary/aromatic N) is 1. The Hall–Kier alpha value is -6.08. The molecule has 5 rings (SSSR count). The van der Waals surface area contributed by atoms with E-state index < -0.39 is 93.0 Å². The Morgan fingerprint density at radius 3 is 1.99 bits per heavy atom. The van der Waals surface area contributed by atoms with Crippen molar-refractivity contribution in [2.75, 3.05) is 6.54 Å². The number of fused-ring (bicyclic) bond motifs is 1. The minimum absolute atomic E-state index is 0.00535. The molecule has 1 fully saturated rings. The highest BCUT2D eigenvalue weighted by Gasteiger charge is 2.40. The molecule has 0 aromatic heterocycles. The zero-order valence-electron chi connectivity index (χ0n) is 39.4. The summed E-state index contributed by atoms with van der Waals surface area (Å²) in [5.74, 6) is -5.57. The number of hydrogen-bond acceptors (Lipinski definition) is 9. The van der Waals surface area contributed by atoms with Gasteiger partial charge in [0.2, 0.25) is 29.5 Å². The van der Waals surface area contributed by atoms with Crippen molar-refractivity contribution < 1.29 is 51.6 Å². The van der Waals surface area contributed by atoms with Gasteiger partial charge in [0, 0.05) is 47.0 Å². The van der Waals surface area contributed by atoms with E-state index in [1.807, 2.05) is 49.4 Å². The molecule has 1 heterocycles. The monoisotopic (exact) mass is 1020 g/mol. The molecular weight excluding hydrogens is 964 g/mol. The van der Waals surface area contributed by atoms with Crippen LogP contribution >= 0.6 is 23.2 Å². The smallest absolute Gasteiger partial charge is 0.303 e. The van der Waals surface area contributed by atoms with Crippen molar-refractivity contribution in [3.8, 4) is 0 Å². The molecule has 0 radical (unpaired) electrons. The molecule has 6 amide bonds. The van der Waals surface area contributed by atoms with Crippen molar-refractivity contribution >= 4 is 85.5 Å². The standard InChI is InChI=1S/C50H60Cl2N6O11S/c1-5-11-39(54-45(62)40(55-44(61)34-25-35(51)28-36(52)26-34)24-30-19-21-31(22-20-30)29-70(67,68)69)49(66)58-23-10-17-42(58)48(65)56-41(27-33-14-8-13-32-12-6-7-15-37(32)33)46(63)53-38(16-9-18-43(59)60)47(64)57-50(2,3)4/h6-8,12-15,19-22,25-26,28,38-42H,5,9-11,16-18,23-24,27,29H2,1-4H3,(H,53,63)(H,54,62)(H,55,61)(H,56,65)(H,57,64)(H,59,60)(H,67,68,69)/t38-,39-,40-,41-,42-/m0/s1. The van der Waals surface area contributed by atoms with Crippen LogP contribution in [0.5, 0.6) is 0 Å². The number of benzene rings is 4. The number of amides is 6. The number of carbonyl (C=O) groups excluding carboxylic acids is 6. The number of halogens is 2. The summed E-state index contributed by atoms with van der Waals surface area (Å²) < 4.78 is 32.3. The fourth-order valence-electron chi connectivity index (χ4n) is 8.30. The molecule has 7 N–H and O–H groups in total. The Morgan fingerprint density at radius 1 is 0.743 bits per heavy atom. The van der Waals surface area contributed by atoms with Gasteiger partial charge in [-0.15, -0.1) is 0 Å². The third-order valence-corrected chi connectivity index (χ3v) is 12.7. The number of likely N-dealkylation sites (tertiary alicyclic amines) is 1. The van der Waals surface area contributed by atoms with Gasteiger partial charge in [-0.2, -0.15) is 8.42 Å². The fourth-order valence-corrected chi connectivity index (χ4v) is 9.44. The first-order chi connectivity index (χ1) is 33.0. The van der Waals surface area contributed by atoms with Crippen LogP contribution in [0, 0.1) is 0 Å². The highest BCUT2D eigenvalue weighted by molar-refractivity contribution is 7.85. The maximum Gasteiger partial charge on any atom is 0.303 e. The molecule has 1 aliphatic heterocycles. The number of aliphatic carboxylic acids is 1. The summed E-state index contributed by atoms with van der Waals surface area (Å²) in [7, 11) is -4.32. The molecule has 1 saturated heterocycles.